The minimum absolute atomic E-state index is 0.00667. The SMILES string of the molecule is CCCOc1nc(Cl)nc(NC(C)c2ncc(CC)s2)n1. The molecule has 0 radical (unpaired) electrons. The van der Waals surface area contributed by atoms with E-state index in [2.05, 4.69) is 32.2 Å². The fourth-order valence-corrected chi connectivity index (χ4v) is 2.61. The van der Waals surface area contributed by atoms with E-state index in [1.165, 1.54) is 4.88 Å². The van der Waals surface area contributed by atoms with Crippen molar-refractivity contribution in [2.45, 2.75) is 39.7 Å². The highest BCUT2D eigenvalue weighted by molar-refractivity contribution is 7.11. The molecule has 2 rings (SSSR count). The number of halogens is 1. The van der Waals surface area contributed by atoms with Crippen molar-refractivity contribution in [3.63, 3.8) is 0 Å². The zero-order valence-electron chi connectivity index (χ0n) is 12.3. The van der Waals surface area contributed by atoms with E-state index < -0.39 is 0 Å². The molecule has 1 atom stereocenters. The second-order valence-electron chi connectivity index (χ2n) is 4.44. The van der Waals surface area contributed by atoms with Crippen LogP contribution in [0.2, 0.25) is 5.28 Å². The van der Waals surface area contributed by atoms with Gasteiger partial charge in [0.05, 0.1) is 12.6 Å². The Hall–Kier alpha value is -1.47. The van der Waals surface area contributed by atoms with E-state index in [0.717, 1.165) is 17.8 Å². The van der Waals surface area contributed by atoms with Gasteiger partial charge in [0.2, 0.25) is 11.2 Å². The molecule has 2 aromatic rings. The molecule has 2 heterocycles. The zero-order chi connectivity index (χ0) is 15.2. The molecule has 6 nitrogen and oxygen atoms in total. The third-order valence-corrected chi connectivity index (χ3v) is 4.15. The van der Waals surface area contributed by atoms with Crippen molar-refractivity contribution in [1.82, 2.24) is 19.9 Å². The molecule has 0 fully saturated rings. The van der Waals surface area contributed by atoms with E-state index >= 15 is 0 Å². The maximum absolute atomic E-state index is 5.89. The third kappa shape index (κ3) is 4.50. The summed E-state index contributed by atoms with van der Waals surface area (Å²) in [5.41, 5.74) is 0. The van der Waals surface area contributed by atoms with Crippen LogP contribution in [-0.4, -0.2) is 26.5 Å². The summed E-state index contributed by atoms with van der Waals surface area (Å²) in [7, 11) is 0. The van der Waals surface area contributed by atoms with Crippen LogP contribution in [0.4, 0.5) is 5.95 Å². The Morgan fingerprint density at radius 1 is 1.33 bits per heavy atom. The summed E-state index contributed by atoms with van der Waals surface area (Å²) in [6, 6.07) is 0.229. The van der Waals surface area contributed by atoms with Crippen molar-refractivity contribution in [1.29, 1.82) is 0 Å². The van der Waals surface area contributed by atoms with Crippen molar-refractivity contribution in [3.8, 4) is 6.01 Å². The predicted octanol–water partition coefficient (Wildman–Crippen LogP) is 3.51. The number of nitrogens with zero attached hydrogens (tertiary/aromatic N) is 4. The number of anilines is 1. The van der Waals surface area contributed by atoms with Crippen molar-refractivity contribution in [3.05, 3.63) is 21.4 Å². The van der Waals surface area contributed by atoms with Gasteiger partial charge in [-0.2, -0.15) is 15.0 Å². The molecule has 0 aliphatic carbocycles. The molecular formula is C13H18ClN5OS. The van der Waals surface area contributed by atoms with E-state index in [0.29, 0.717) is 12.6 Å². The van der Waals surface area contributed by atoms with Gasteiger partial charge in [-0.05, 0) is 31.4 Å². The average molecular weight is 328 g/mol. The van der Waals surface area contributed by atoms with Crippen LogP contribution in [0.3, 0.4) is 0 Å². The molecular weight excluding hydrogens is 310 g/mol. The Morgan fingerprint density at radius 3 is 2.81 bits per heavy atom. The lowest BCUT2D eigenvalue weighted by atomic mass is 10.3. The maximum atomic E-state index is 5.89. The molecule has 0 aliphatic heterocycles. The second-order valence-corrected chi connectivity index (χ2v) is 5.93. The highest BCUT2D eigenvalue weighted by Crippen LogP contribution is 2.23. The minimum Gasteiger partial charge on any atom is -0.463 e. The number of hydrogen-bond donors (Lipinski definition) is 1. The van der Waals surface area contributed by atoms with Crippen LogP contribution in [0.25, 0.3) is 0 Å². The van der Waals surface area contributed by atoms with Gasteiger partial charge in [0.1, 0.15) is 5.01 Å². The first-order valence-corrected chi connectivity index (χ1v) is 8.07. The first-order chi connectivity index (χ1) is 10.1. The number of nitrogens with one attached hydrogen (secondary N) is 1. The van der Waals surface area contributed by atoms with Crippen molar-refractivity contribution in [2.75, 3.05) is 11.9 Å². The van der Waals surface area contributed by atoms with Gasteiger partial charge in [-0.3, -0.25) is 0 Å². The summed E-state index contributed by atoms with van der Waals surface area (Å²) >= 11 is 7.56. The van der Waals surface area contributed by atoms with Gasteiger partial charge in [0.15, 0.2) is 0 Å². The molecule has 0 saturated heterocycles. The molecule has 0 amide bonds. The standard InChI is InChI=1S/C13H18ClN5OS/c1-4-6-20-13-18-11(14)17-12(19-13)16-8(3)10-15-7-9(5-2)21-10/h7-8H,4-6H2,1-3H3,(H,16,17,18,19). The molecule has 21 heavy (non-hydrogen) atoms. The van der Waals surface area contributed by atoms with E-state index in [1.54, 1.807) is 11.3 Å². The number of aromatic nitrogens is 4. The molecule has 0 spiro atoms. The van der Waals surface area contributed by atoms with Crippen molar-refractivity contribution >= 4 is 28.9 Å². The van der Waals surface area contributed by atoms with Crippen molar-refractivity contribution < 1.29 is 4.74 Å². The number of aryl methyl sites for hydroxylation is 1. The van der Waals surface area contributed by atoms with E-state index in [1.807, 2.05) is 20.0 Å². The summed E-state index contributed by atoms with van der Waals surface area (Å²) in [6.45, 7) is 6.67. The smallest absolute Gasteiger partial charge is 0.322 e. The van der Waals surface area contributed by atoms with Crippen LogP contribution in [0.5, 0.6) is 6.01 Å². The molecule has 1 unspecified atom stereocenters. The van der Waals surface area contributed by atoms with E-state index in [4.69, 9.17) is 16.3 Å². The summed E-state index contributed by atoms with van der Waals surface area (Å²) in [5, 5.41) is 4.27. The number of hydrogen-bond acceptors (Lipinski definition) is 7. The number of thiazole rings is 1. The van der Waals surface area contributed by atoms with Crippen LogP contribution in [0.15, 0.2) is 6.20 Å². The molecule has 8 heteroatoms. The fraction of sp³-hybridized carbons (Fsp3) is 0.538. The van der Waals surface area contributed by atoms with Crippen LogP contribution >= 0.6 is 22.9 Å². The molecule has 2 aromatic heterocycles. The van der Waals surface area contributed by atoms with Gasteiger partial charge in [-0.15, -0.1) is 11.3 Å². The molecule has 0 saturated carbocycles. The summed E-state index contributed by atoms with van der Waals surface area (Å²) in [6.07, 6.45) is 3.76. The van der Waals surface area contributed by atoms with E-state index in [9.17, 15) is 0 Å². The van der Waals surface area contributed by atoms with Gasteiger partial charge in [0.25, 0.3) is 0 Å². The lowest BCUT2D eigenvalue weighted by Gasteiger charge is -2.11. The number of ether oxygens (including phenoxy) is 1. The zero-order valence-corrected chi connectivity index (χ0v) is 13.8. The Balaban J connectivity index is 2.08. The largest absolute Gasteiger partial charge is 0.463 e. The quantitative estimate of drug-likeness (QED) is 0.839. The van der Waals surface area contributed by atoms with Crippen LogP contribution in [-0.2, 0) is 6.42 Å². The molecule has 0 aromatic carbocycles. The summed E-state index contributed by atoms with van der Waals surface area (Å²) < 4.78 is 5.39. The first kappa shape index (κ1) is 15.9. The van der Waals surface area contributed by atoms with Gasteiger partial charge in [-0.1, -0.05) is 13.8 Å². The predicted molar refractivity (Wildman–Crippen MR) is 84.2 cm³/mol. The second kappa shape index (κ2) is 7.51. The highest BCUT2D eigenvalue weighted by Gasteiger charge is 2.13. The maximum Gasteiger partial charge on any atom is 0.322 e. The summed E-state index contributed by atoms with van der Waals surface area (Å²) in [5.74, 6) is 0.391. The molecule has 114 valence electrons. The molecule has 0 bridgehead atoms. The third-order valence-electron chi connectivity index (χ3n) is 2.66. The van der Waals surface area contributed by atoms with Gasteiger partial charge >= 0.3 is 6.01 Å². The normalized spacial score (nSPS) is 12.2. The van der Waals surface area contributed by atoms with Crippen molar-refractivity contribution in [2.24, 2.45) is 0 Å². The van der Waals surface area contributed by atoms with Gasteiger partial charge in [-0.25, -0.2) is 4.98 Å². The van der Waals surface area contributed by atoms with Crippen LogP contribution in [0.1, 0.15) is 43.1 Å². The lowest BCUT2D eigenvalue weighted by molar-refractivity contribution is 0.291. The monoisotopic (exact) mass is 327 g/mol. The Labute approximate surface area is 133 Å². The molecule has 1 N–H and O–H groups in total. The Kier molecular flexibility index (Phi) is 5.69. The first-order valence-electron chi connectivity index (χ1n) is 6.87. The molecule has 0 aliphatic rings. The van der Waals surface area contributed by atoms with E-state index in [-0.39, 0.29) is 17.3 Å². The fourth-order valence-electron chi connectivity index (χ4n) is 1.60. The average Bonchev–Trinajstić information content (AvgIpc) is 2.93. The topological polar surface area (TPSA) is 72.8 Å². The highest BCUT2D eigenvalue weighted by atomic mass is 35.5. The van der Waals surface area contributed by atoms with Gasteiger partial charge < -0.3 is 10.1 Å². The summed E-state index contributed by atoms with van der Waals surface area (Å²) in [4.78, 5) is 17.8. The Morgan fingerprint density at radius 2 is 2.14 bits per heavy atom. The lowest BCUT2D eigenvalue weighted by Crippen LogP contribution is -2.11. The van der Waals surface area contributed by atoms with Crippen LogP contribution < -0.4 is 10.1 Å². The minimum atomic E-state index is -0.00667. The Bertz CT molecular complexity index is 592. The number of rotatable bonds is 7. The van der Waals surface area contributed by atoms with Crippen LogP contribution in [0, 0.1) is 0 Å². The van der Waals surface area contributed by atoms with Gasteiger partial charge in [0, 0.05) is 11.1 Å².